The Morgan fingerprint density at radius 3 is 2.81 bits per heavy atom. The Labute approximate surface area is 131 Å². The molecule has 1 aromatic heterocycles. The van der Waals surface area contributed by atoms with Gasteiger partial charge in [-0.25, -0.2) is 4.79 Å². The minimum atomic E-state index is -0.341. The zero-order valence-electron chi connectivity index (χ0n) is 13.1. The second-order valence-electron chi connectivity index (χ2n) is 6.38. The molecule has 1 saturated heterocycles. The van der Waals surface area contributed by atoms with Gasteiger partial charge in [-0.1, -0.05) is 19.9 Å². The molecule has 2 N–H and O–H groups in total. The van der Waals surface area contributed by atoms with Crippen LogP contribution in [0.15, 0.2) is 17.5 Å². The van der Waals surface area contributed by atoms with Crippen LogP contribution in [0.1, 0.15) is 44.5 Å². The Kier molecular flexibility index (Phi) is 5.65. The largest absolute Gasteiger partial charge is 0.393 e. The number of carbonyl (C=O) groups is 1. The maximum atomic E-state index is 12.4. The summed E-state index contributed by atoms with van der Waals surface area (Å²) in [4.78, 5) is 15.5. The van der Waals surface area contributed by atoms with Crippen LogP contribution in [0.3, 0.4) is 0 Å². The van der Waals surface area contributed by atoms with Gasteiger partial charge in [-0.3, -0.25) is 0 Å². The number of amides is 2. The number of nitrogens with zero attached hydrogens (tertiary/aromatic N) is 1. The molecule has 118 valence electrons. The Balaban J connectivity index is 1.95. The van der Waals surface area contributed by atoms with Crippen LogP contribution in [0.25, 0.3) is 0 Å². The number of aliphatic hydroxyl groups excluding tert-OH is 1. The number of thiophene rings is 1. The summed E-state index contributed by atoms with van der Waals surface area (Å²) < 4.78 is 0. The summed E-state index contributed by atoms with van der Waals surface area (Å²) in [6.45, 7) is 7.54. The second kappa shape index (κ2) is 7.27. The molecule has 0 radical (unpaired) electrons. The monoisotopic (exact) mass is 310 g/mol. The van der Waals surface area contributed by atoms with Crippen LogP contribution in [-0.2, 0) is 0 Å². The molecule has 0 saturated carbocycles. The van der Waals surface area contributed by atoms with E-state index in [1.807, 2.05) is 16.3 Å². The standard InChI is InChI=1S/C16H26N2O2S/c1-11(2)9-14(15-5-4-8-21-15)17-16(20)18-7-6-13(10-18)12(3)19/h4-5,8,11-14,19H,6-7,9-10H2,1-3H3,(H,17,20)/t12-,13+,14+/m1/s1. The highest BCUT2D eigenvalue weighted by molar-refractivity contribution is 7.10. The van der Waals surface area contributed by atoms with Crippen molar-refractivity contribution in [3.8, 4) is 0 Å². The minimum absolute atomic E-state index is 0.00259. The highest BCUT2D eigenvalue weighted by atomic mass is 32.1. The van der Waals surface area contributed by atoms with Crippen LogP contribution in [0.5, 0.6) is 0 Å². The van der Waals surface area contributed by atoms with E-state index in [0.29, 0.717) is 12.5 Å². The predicted octanol–water partition coefficient (Wildman–Crippen LogP) is 3.25. The van der Waals surface area contributed by atoms with Crippen LogP contribution < -0.4 is 5.32 Å². The lowest BCUT2D eigenvalue weighted by atomic mass is 10.0. The van der Waals surface area contributed by atoms with Crippen molar-refractivity contribution >= 4 is 17.4 Å². The summed E-state index contributed by atoms with van der Waals surface area (Å²) in [5, 5.41) is 14.9. The molecule has 1 aliphatic rings. The summed E-state index contributed by atoms with van der Waals surface area (Å²) in [5.41, 5.74) is 0. The first-order valence-electron chi connectivity index (χ1n) is 7.74. The molecular formula is C16H26N2O2S. The Morgan fingerprint density at radius 1 is 1.52 bits per heavy atom. The molecule has 0 unspecified atom stereocenters. The van der Waals surface area contributed by atoms with Gasteiger partial charge in [0.2, 0.25) is 0 Å². The first-order valence-corrected chi connectivity index (χ1v) is 8.62. The molecule has 2 amide bonds. The van der Waals surface area contributed by atoms with Crippen molar-refractivity contribution in [1.82, 2.24) is 10.2 Å². The molecule has 2 rings (SSSR count). The van der Waals surface area contributed by atoms with Crippen LogP contribution >= 0.6 is 11.3 Å². The number of likely N-dealkylation sites (tertiary alicyclic amines) is 1. The van der Waals surface area contributed by atoms with Gasteiger partial charge in [-0.15, -0.1) is 11.3 Å². The summed E-state index contributed by atoms with van der Waals surface area (Å²) >= 11 is 1.69. The van der Waals surface area contributed by atoms with E-state index in [1.165, 1.54) is 4.88 Å². The number of rotatable bonds is 5. The van der Waals surface area contributed by atoms with Crippen molar-refractivity contribution in [3.63, 3.8) is 0 Å². The molecular weight excluding hydrogens is 284 g/mol. The van der Waals surface area contributed by atoms with Crippen LogP contribution in [-0.4, -0.2) is 35.2 Å². The van der Waals surface area contributed by atoms with Gasteiger partial charge in [0.1, 0.15) is 0 Å². The van der Waals surface area contributed by atoms with E-state index >= 15 is 0 Å². The summed E-state index contributed by atoms with van der Waals surface area (Å²) in [6, 6.07) is 4.19. The first kappa shape index (κ1) is 16.3. The normalized spacial score (nSPS) is 21.6. The molecule has 0 aliphatic carbocycles. The average molecular weight is 310 g/mol. The maximum absolute atomic E-state index is 12.4. The summed E-state index contributed by atoms with van der Waals surface area (Å²) in [7, 11) is 0. The van der Waals surface area contributed by atoms with Crippen molar-refractivity contribution in [1.29, 1.82) is 0 Å². The van der Waals surface area contributed by atoms with Gasteiger partial charge >= 0.3 is 6.03 Å². The summed E-state index contributed by atoms with van der Waals surface area (Å²) in [5.74, 6) is 0.738. The highest BCUT2D eigenvalue weighted by Gasteiger charge is 2.30. The molecule has 2 heterocycles. The lowest BCUT2D eigenvalue weighted by molar-refractivity contribution is 0.129. The summed E-state index contributed by atoms with van der Waals surface area (Å²) in [6.07, 6.45) is 1.49. The molecule has 0 spiro atoms. The van der Waals surface area contributed by atoms with Crippen molar-refractivity contribution in [2.75, 3.05) is 13.1 Å². The fourth-order valence-corrected chi connectivity index (χ4v) is 3.60. The third-order valence-corrected chi connectivity index (χ3v) is 5.07. The van der Waals surface area contributed by atoms with Crippen molar-refractivity contribution in [3.05, 3.63) is 22.4 Å². The Morgan fingerprint density at radius 2 is 2.29 bits per heavy atom. The van der Waals surface area contributed by atoms with Gasteiger partial charge < -0.3 is 15.3 Å². The molecule has 1 fully saturated rings. The number of nitrogens with one attached hydrogen (secondary N) is 1. The van der Waals surface area contributed by atoms with E-state index in [0.717, 1.165) is 19.4 Å². The highest BCUT2D eigenvalue weighted by Crippen LogP contribution is 2.26. The van der Waals surface area contributed by atoms with Crippen LogP contribution in [0.4, 0.5) is 4.79 Å². The van der Waals surface area contributed by atoms with E-state index in [1.54, 1.807) is 18.3 Å². The maximum Gasteiger partial charge on any atom is 0.317 e. The lowest BCUT2D eigenvalue weighted by Gasteiger charge is -2.24. The molecule has 0 bridgehead atoms. The first-order chi connectivity index (χ1) is 9.97. The molecule has 3 atom stereocenters. The fraction of sp³-hybridized carbons (Fsp3) is 0.688. The molecule has 4 nitrogen and oxygen atoms in total. The average Bonchev–Trinajstić information content (AvgIpc) is 3.09. The minimum Gasteiger partial charge on any atom is -0.393 e. The second-order valence-corrected chi connectivity index (χ2v) is 7.36. The van der Waals surface area contributed by atoms with E-state index in [9.17, 15) is 9.90 Å². The molecule has 5 heteroatoms. The number of carbonyl (C=O) groups excluding carboxylic acids is 1. The van der Waals surface area contributed by atoms with E-state index in [-0.39, 0.29) is 24.1 Å². The van der Waals surface area contributed by atoms with Crippen molar-refractivity contribution in [2.24, 2.45) is 11.8 Å². The van der Waals surface area contributed by atoms with Gasteiger partial charge in [-0.05, 0) is 37.1 Å². The zero-order chi connectivity index (χ0) is 15.4. The Hall–Kier alpha value is -1.07. The molecule has 0 aromatic carbocycles. The molecule has 1 aliphatic heterocycles. The molecule has 1 aromatic rings. The number of urea groups is 1. The van der Waals surface area contributed by atoms with Crippen LogP contribution in [0.2, 0.25) is 0 Å². The number of hydrogen-bond acceptors (Lipinski definition) is 3. The third kappa shape index (κ3) is 4.45. The van der Waals surface area contributed by atoms with Crippen molar-refractivity contribution in [2.45, 2.75) is 45.8 Å². The zero-order valence-corrected chi connectivity index (χ0v) is 13.9. The topological polar surface area (TPSA) is 52.6 Å². The van der Waals surface area contributed by atoms with E-state index in [2.05, 4.69) is 25.2 Å². The van der Waals surface area contributed by atoms with Crippen molar-refractivity contribution < 1.29 is 9.90 Å². The van der Waals surface area contributed by atoms with E-state index in [4.69, 9.17) is 0 Å². The van der Waals surface area contributed by atoms with Gasteiger partial charge in [0.25, 0.3) is 0 Å². The Bertz CT molecular complexity index is 445. The van der Waals surface area contributed by atoms with E-state index < -0.39 is 0 Å². The van der Waals surface area contributed by atoms with Gasteiger partial charge in [0, 0.05) is 23.9 Å². The quantitative estimate of drug-likeness (QED) is 0.877. The predicted molar refractivity (Wildman–Crippen MR) is 86.4 cm³/mol. The SMILES string of the molecule is CC(C)C[C@H](NC(=O)N1CC[C@H]([C@@H](C)O)C1)c1cccs1. The molecule has 21 heavy (non-hydrogen) atoms. The van der Waals surface area contributed by atoms with Crippen LogP contribution in [0, 0.1) is 11.8 Å². The third-order valence-electron chi connectivity index (χ3n) is 4.09. The number of hydrogen-bond donors (Lipinski definition) is 2. The lowest BCUT2D eigenvalue weighted by Crippen LogP contribution is -2.41. The smallest absolute Gasteiger partial charge is 0.317 e. The van der Waals surface area contributed by atoms with Gasteiger partial charge in [-0.2, -0.15) is 0 Å². The van der Waals surface area contributed by atoms with Gasteiger partial charge in [0.15, 0.2) is 0 Å². The number of aliphatic hydroxyl groups is 1. The van der Waals surface area contributed by atoms with Gasteiger partial charge in [0.05, 0.1) is 12.1 Å². The fourth-order valence-electron chi connectivity index (χ4n) is 2.81.